The van der Waals surface area contributed by atoms with E-state index in [1.807, 2.05) is 18.2 Å². The van der Waals surface area contributed by atoms with Gasteiger partial charge in [-0.3, -0.25) is 10.1 Å². The van der Waals surface area contributed by atoms with Gasteiger partial charge >= 0.3 is 0 Å². The van der Waals surface area contributed by atoms with Crippen molar-refractivity contribution >= 4 is 16.5 Å². The van der Waals surface area contributed by atoms with E-state index < -0.39 is 0 Å². The van der Waals surface area contributed by atoms with Crippen LogP contribution in [-0.2, 0) is 12.8 Å². The second kappa shape index (κ2) is 5.75. The van der Waals surface area contributed by atoms with Crippen LogP contribution in [0.3, 0.4) is 0 Å². The Bertz CT molecular complexity index is 791. The molecule has 0 spiro atoms. The van der Waals surface area contributed by atoms with Gasteiger partial charge < -0.3 is 0 Å². The predicted octanol–water partition coefficient (Wildman–Crippen LogP) is 4.53. The number of nitro benzene ring substituents is 1. The summed E-state index contributed by atoms with van der Waals surface area (Å²) in [5, 5.41) is 13.3. The van der Waals surface area contributed by atoms with E-state index >= 15 is 0 Å². The molecule has 3 aromatic carbocycles. The Morgan fingerprint density at radius 1 is 0.857 bits per heavy atom. The molecule has 0 radical (unpaired) electrons. The standard InChI is InChI=1S/C18H15NO2/c20-19(21)17-9-3-5-14(13-17)11-12-16-8-4-7-15-6-1-2-10-18(15)16/h1-10,13H,11-12H2. The molecule has 3 aromatic rings. The van der Waals surface area contributed by atoms with Crippen molar-refractivity contribution < 1.29 is 4.92 Å². The Kier molecular flexibility index (Phi) is 3.65. The maximum atomic E-state index is 10.8. The number of rotatable bonds is 4. The first kappa shape index (κ1) is 13.3. The van der Waals surface area contributed by atoms with E-state index in [0.29, 0.717) is 0 Å². The first-order valence-electron chi connectivity index (χ1n) is 6.94. The van der Waals surface area contributed by atoms with Gasteiger partial charge in [0.15, 0.2) is 0 Å². The van der Waals surface area contributed by atoms with Crippen molar-refractivity contribution in [3.05, 3.63) is 88.0 Å². The van der Waals surface area contributed by atoms with Crippen LogP contribution in [0.2, 0.25) is 0 Å². The van der Waals surface area contributed by atoms with Crippen LogP contribution in [0.4, 0.5) is 5.69 Å². The van der Waals surface area contributed by atoms with Gasteiger partial charge in [0.1, 0.15) is 0 Å². The number of hydrogen-bond acceptors (Lipinski definition) is 2. The molecule has 0 saturated heterocycles. The van der Waals surface area contributed by atoms with Crippen molar-refractivity contribution in [1.29, 1.82) is 0 Å². The van der Waals surface area contributed by atoms with Gasteiger partial charge in [0.05, 0.1) is 4.92 Å². The minimum absolute atomic E-state index is 0.158. The molecule has 0 bridgehead atoms. The van der Waals surface area contributed by atoms with Crippen molar-refractivity contribution in [2.75, 3.05) is 0 Å². The molecule has 0 aliphatic heterocycles. The lowest BCUT2D eigenvalue weighted by molar-refractivity contribution is -0.384. The second-order valence-corrected chi connectivity index (χ2v) is 5.07. The second-order valence-electron chi connectivity index (χ2n) is 5.07. The Balaban J connectivity index is 1.84. The summed E-state index contributed by atoms with van der Waals surface area (Å²) >= 11 is 0. The SMILES string of the molecule is O=[N+]([O-])c1cccc(CCc2cccc3ccccc23)c1. The summed E-state index contributed by atoms with van der Waals surface area (Å²) in [5.74, 6) is 0. The average molecular weight is 277 g/mol. The summed E-state index contributed by atoms with van der Waals surface area (Å²) in [7, 11) is 0. The van der Waals surface area contributed by atoms with Crippen molar-refractivity contribution in [3.63, 3.8) is 0 Å². The molecule has 3 rings (SSSR count). The number of non-ortho nitro benzene ring substituents is 1. The molecule has 3 nitrogen and oxygen atoms in total. The molecule has 0 amide bonds. The van der Waals surface area contributed by atoms with Gasteiger partial charge in [-0.05, 0) is 34.7 Å². The molecule has 0 aromatic heterocycles. The molecule has 0 unspecified atom stereocenters. The van der Waals surface area contributed by atoms with E-state index in [0.717, 1.165) is 18.4 Å². The Labute approximate surface area is 123 Å². The zero-order valence-corrected chi connectivity index (χ0v) is 11.5. The summed E-state index contributed by atoms with van der Waals surface area (Å²) in [6.45, 7) is 0. The van der Waals surface area contributed by atoms with Crippen molar-refractivity contribution in [2.24, 2.45) is 0 Å². The Morgan fingerprint density at radius 3 is 2.48 bits per heavy atom. The van der Waals surface area contributed by atoms with Gasteiger partial charge in [-0.25, -0.2) is 0 Å². The third kappa shape index (κ3) is 2.92. The first-order valence-corrected chi connectivity index (χ1v) is 6.94. The van der Waals surface area contributed by atoms with Crippen LogP contribution in [0.5, 0.6) is 0 Å². The lowest BCUT2D eigenvalue weighted by Gasteiger charge is -2.06. The van der Waals surface area contributed by atoms with Crippen LogP contribution in [0.1, 0.15) is 11.1 Å². The van der Waals surface area contributed by atoms with Gasteiger partial charge in [0, 0.05) is 12.1 Å². The molecular formula is C18H15NO2. The minimum atomic E-state index is -0.346. The Morgan fingerprint density at radius 2 is 1.62 bits per heavy atom. The molecule has 0 saturated carbocycles. The lowest BCUT2D eigenvalue weighted by atomic mass is 9.98. The molecule has 0 aliphatic rings. The minimum Gasteiger partial charge on any atom is -0.258 e. The normalized spacial score (nSPS) is 10.7. The summed E-state index contributed by atoms with van der Waals surface area (Å²) in [6, 6.07) is 21.5. The smallest absolute Gasteiger partial charge is 0.258 e. The third-order valence-corrected chi connectivity index (χ3v) is 3.68. The van der Waals surface area contributed by atoms with Gasteiger partial charge in [-0.1, -0.05) is 54.6 Å². The van der Waals surface area contributed by atoms with E-state index in [9.17, 15) is 10.1 Å². The molecule has 0 aliphatic carbocycles. The first-order chi connectivity index (χ1) is 10.2. The van der Waals surface area contributed by atoms with Gasteiger partial charge in [0.2, 0.25) is 0 Å². The molecule has 0 atom stereocenters. The van der Waals surface area contributed by atoms with Crippen LogP contribution < -0.4 is 0 Å². The van der Waals surface area contributed by atoms with Gasteiger partial charge in [0.25, 0.3) is 5.69 Å². The quantitative estimate of drug-likeness (QED) is 0.519. The Hall–Kier alpha value is -2.68. The van der Waals surface area contributed by atoms with Gasteiger partial charge in [-0.15, -0.1) is 0 Å². The van der Waals surface area contributed by atoms with Gasteiger partial charge in [-0.2, -0.15) is 0 Å². The topological polar surface area (TPSA) is 43.1 Å². The summed E-state index contributed by atoms with van der Waals surface area (Å²) in [5.41, 5.74) is 2.43. The lowest BCUT2D eigenvalue weighted by Crippen LogP contribution is -1.94. The number of nitro groups is 1. The highest BCUT2D eigenvalue weighted by atomic mass is 16.6. The molecule has 0 fully saturated rings. The van der Waals surface area contributed by atoms with Crippen LogP contribution >= 0.6 is 0 Å². The van der Waals surface area contributed by atoms with Crippen LogP contribution in [-0.4, -0.2) is 4.92 Å². The monoisotopic (exact) mass is 277 g/mol. The zero-order chi connectivity index (χ0) is 14.7. The summed E-state index contributed by atoms with van der Waals surface area (Å²) < 4.78 is 0. The molecule has 3 heteroatoms. The number of hydrogen-bond donors (Lipinski definition) is 0. The molecule has 0 heterocycles. The van der Waals surface area contributed by atoms with Crippen LogP contribution in [0, 0.1) is 10.1 Å². The van der Waals surface area contributed by atoms with E-state index in [-0.39, 0.29) is 10.6 Å². The van der Waals surface area contributed by atoms with E-state index in [1.54, 1.807) is 12.1 Å². The number of benzene rings is 3. The van der Waals surface area contributed by atoms with Crippen molar-refractivity contribution in [3.8, 4) is 0 Å². The maximum Gasteiger partial charge on any atom is 0.269 e. The zero-order valence-electron chi connectivity index (χ0n) is 11.5. The fourth-order valence-corrected chi connectivity index (χ4v) is 2.62. The maximum absolute atomic E-state index is 10.8. The highest BCUT2D eigenvalue weighted by Crippen LogP contribution is 2.21. The molecule has 21 heavy (non-hydrogen) atoms. The van der Waals surface area contributed by atoms with E-state index in [4.69, 9.17) is 0 Å². The average Bonchev–Trinajstić information content (AvgIpc) is 2.53. The number of aryl methyl sites for hydroxylation is 2. The predicted molar refractivity (Wildman–Crippen MR) is 84.5 cm³/mol. The van der Waals surface area contributed by atoms with E-state index in [1.165, 1.54) is 22.4 Å². The molecular weight excluding hydrogens is 262 g/mol. The molecule has 104 valence electrons. The van der Waals surface area contributed by atoms with Crippen LogP contribution in [0.25, 0.3) is 10.8 Å². The largest absolute Gasteiger partial charge is 0.269 e. The number of fused-ring (bicyclic) bond motifs is 1. The number of nitrogens with zero attached hydrogens (tertiary/aromatic N) is 1. The highest BCUT2D eigenvalue weighted by molar-refractivity contribution is 5.85. The fourth-order valence-electron chi connectivity index (χ4n) is 2.62. The summed E-state index contributed by atoms with van der Waals surface area (Å²) in [4.78, 5) is 10.5. The summed E-state index contributed by atoms with van der Waals surface area (Å²) in [6.07, 6.45) is 1.68. The van der Waals surface area contributed by atoms with Crippen molar-refractivity contribution in [1.82, 2.24) is 0 Å². The van der Waals surface area contributed by atoms with E-state index in [2.05, 4.69) is 30.3 Å². The van der Waals surface area contributed by atoms with Crippen molar-refractivity contribution in [2.45, 2.75) is 12.8 Å². The highest BCUT2D eigenvalue weighted by Gasteiger charge is 2.06. The van der Waals surface area contributed by atoms with Crippen LogP contribution in [0.15, 0.2) is 66.7 Å². The molecule has 0 N–H and O–H groups in total. The fraction of sp³-hybridized carbons (Fsp3) is 0.111. The third-order valence-electron chi connectivity index (χ3n) is 3.68.